The first-order chi connectivity index (χ1) is 10.2. The van der Waals surface area contributed by atoms with Crippen molar-refractivity contribution < 1.29 is 9.26 Å². The molecule has 5 nitrogen and oxygen atoms in total. The number of ether oxygens (including phenoxy) is 1. The average molecular weight is 346 g/mol. The van der Waals surface area contributed by atoms with Crippen molar-refractivity contribution in [2.24, 2.45) is 0 Å². The van der Waals surface area contributed by atoms with Gasteiger partial charge in [0.1, 0.15) is 5.75 Å². The van der Waals surface area contributed by atoms with Crippen LogP contribution in [0.25, 0.3) is 22.8 Å². The lowest BCUT2D eigenvalue weighted by Gasteiger charge is -2.00. The summed E-state index contributed by atoms with van der Waals surface area (Å²) >= 11 is 3.45. The van der Waals surface area contributed by atoms with Gasteiger partial charge in [0.25, 0.3) is 5.89 Å². The summed E-state index contributed by atoms with van der Waals surface area (Å²) in [5.41, 5.74) is 8.05. The first kappa shape index (κ1) is 13.6. The Hall–Kier alpha value is -2.34. The molecule has 0 aliphatic rings. The molecule has 1 heterocycles. The number of anilines is 1. The van der Waals surface area contributed by atoms with Crippen LogP contribution >= 0.6 is 15.9 Å². The van der Waals surface area contributed by atoms with Gasteiger partial charge in [0, 0.05) is 15.7 Å². The fraction of sp³-hybridized carbons (Fsp3) is 0.0667. The van der Waals surface area contributed by atoms with Gasteiger partial charge in [0.05, 0.1) is 12.7 Å². The van der Waals surface area contributed by atoms with E-state index in [2.05, 4.69) is 26.1 Å². The van der Waals surface area contributed by atoms with Crippen LogP contribution in [0.5, 0.6) is 5.75 Å². The lowest BCUT2D eigenvalue weighted by molar-refractivity contribution is 0.415. The topological polar surface area (TPSA) is 74.2 Å². The second kappa shape index (κ2) is 5.57. The first-order valence-electron chi connectivity index (χ1n) is 6.21. The van der Waals surface area contributed by atoms with Crippen LogP contribution in [0.1, 0.15) is 0 Å². The molecule has 2 N–H and O–H groups in total. The van der Waals surface area contributed by atoms with Gasteiger partial charge in [-0.05, 0) is 58.4 Å². The van der Waals surface area contributed by atoms with Crippen molar-refractivity contribution in [2.45, 2.75) is 0 Å². The van der Waals surface area contributed by atoms with Crippen LogP contribution in [-0.2, 0) is 0 Å². The number of hydrogen-bond donors (Lipinski definition) is 1. The minimum Gasteiger partial charge on any atom is -0.497 e. The zero-order chi connectivity index (χ0) is 14.8. The van der Waals surface area contributed by atoms with E-state index >= 15 is 0 Å². The van der Waals surface area contributed by atoms with Crippen molar-refractivity contribution in [1.29, 1.82) is 0 Å². The maximum Gasteiger partial charge on any atom is 0.259 e. The highest BCUT2D eigenvalue weighted by molar-refractivity contribution is 9.10. The number of halogens is 1. The Balaban J connectivity index is 1.97. The Bertz CT molecular complexity index is 769. The predicted molar refractivity (Wildman–Crippen MR) is 83.8 cm³/mol. The van der Waals surface area contributed by atoms with E-state index in [1.165, 1.54) is 0 Å². The van der Waals surface area contributed by atoms with Gasteiger partial charge < -0.3 is 15.0 Å². The van der Waals surface area contributed by atoms with Gasteiger partial charge in [0.2, 0.25) is 5.82 Å². The molecule has 0 atom stereocenters. The summed E-state index contributed by atoms with van der Waals surface area (Å²) in [6.45, 7) is 0. The molecule has 0 aliphatic heterocycles. The van der Waals surface area contributed by atoms with E-state index < -0.39 is 0 Å². The molecule has 106 valence electrons. The van der Waals surface area contributed by atoms with Gasteiger partial charge in [-0.1, -0.05) is 5.16 Å². The molecular formula is C15H12BrN3O2. The Morgan fingerprint density at radius 3 is 2.62 bits per heavy atom. The third-order valence-electron chi connectivity index (χ3n) is 3.00. The molecule has 0 bridgehead atoms. The van der Waals surface area contributed by atoms with Crippen molar-refractivity contribution in [1.82, 2.24) is 10.1 Å². The molecule has 0 saturated heterocycles. The molecule has 0 radical (unpaired) electrons. The average Bonchev–Trinajstić information content (AvgIpc) is 2.99. The molecule has 21 heavy (non-hydrogen) atoms. The first-order valence-corrected chi connectivity index (χ1v) is 7.00. The number of aromatic nitrogens is 2. The van der Waals surface area contributed by atoms with Gasteiger partial charge in [0.15, 0.2) is 0 Å². The van der Waals surface area contributed by atoms with Crippen molar-refractivity contribution in [3.63, 3.8) is 0 Å². The van der Waals surface area contributed by atoms with Gasteiger partial charge in [-0.25, -0.2) is 0 Å². The monoisotopic (exact) mass is 345 g/mol. The van der Waals surface area contributed by atoms with E-state index in [1.807, 2.05) is 30.3 Å². The summed E-state index contributed by atoms with van der Waals surface area (Å²) in [7, 11) is 1.62. The summed E-state index contributed by atoms with van der Waals surface area (Å²) < 4.78 is 11.3. The molecule has 2 aromatic carbocycles. The smallest absolute Gasteiger partial charge is 0.259 e. The minimum atomic E-state index is 0.417. The second-order valence-corrected chi connectivity index (χ2v) is 5.25. The SMILES string of the molecule is COc1ccc(-c2noc(-c3cc(N)ccc3Br)n2)cc1. The Kier molecular flexibility index (Phi) is 3.62. The van der Waals surface area contributed by atoms with Crippen LogP contribution in [0.2, 0.25) is 0 Å². The summed E-state index contributed by atoms with van der Waals surface area (Å²) in [5.74, 6) is 1.71. The van der Waals surface area contributed by atoms with E-state index in [0.717, 1.165) is 21.3 Å². The Morgan fingerprint density at radius 2 is 1.90 bits per heavy atom. The normalized spacial score (nSPS) is 10.6. The fourth-order valence-electron chi connectivity index (χ4n) is 1.90. The van der Waals surface area contributed by atoms with Crippen LogP contribution in [-0.4, -0.2) is 17.3 Å². The third-order valence-corrected chi connectivity index (χ3v) is 3.69. The summed E-state index contributed by atoms with van der Waals surface area (Å²) in [6, 6.07) is 12.9. The minimum absolute atomic E-state index is 0.417. The van der Waals surface area contributed by atoms with Crippen LogP contribution in [0, 0.1) is 0 Å². The van der Waals surface area contributed by atoms with E-state index in [0.29, 0.717) is 17.4 Å². The van der Waals surface area contributed by atoms with E-state index in [-0.39, 0.29) is 0 Å². The van der Waals surface area contributed by atoms with Crippen LogP contribution in [0.3, 0.4) is 0 Å². The maximum atomic E-state index is 5.79. The molecule has 6 heteroatoms. The summed E-state index contributed by atoms with van der Waals surface area (Å²) in [4.78, 5) is 4.40. The molecule has 1 aromatic heterocycles. The summed E-state index contributed by atoms with van der Waals surface area (Å²) in [6.07, 6.45) is 0. The molecule has 3 rings (SSSR count). The lowest BCUT2D eigenvalue weighted by atomic mass is 10.2. The van der Waals surface area contributed by atoms with E-state index in [1.54, 1.807) is 19.2 Å². The standard InChI is InChI=1S/C15H12BrN3O2/c1-20-11-5-2-9(3-6-11)14-18-15(21-19-14)12-8-10(17)4-7-13(12)16/h2-8H,17H2,1H3. The Morgan fingerprint density at radius 1 is 1.14 bits per heavy atom. The number of rotatable bonds is 3. The number of nitrogen functional groups attached to an aromatic ring is 1. The highest BCUT2D eigenvalue weighted by atomic mass is 79.9. The maximum absolute atomic E-state index is 5.79. The van der Waals surface area contributed by atoms with E-state index in [4.69, 9.17) is 15.0 Å². The fourth-order valence-corrected chi connectivity index (χ4v) is 2.31. The second-order valence-electron chi connectivity index (χ2n) is 4.39. The summed E-state index contributed by atoms with van der Waals surface area (Å²) in [5, 5.41) is 4.00. The molecule has 0 aliphatic carbocycles. The number of benzene rings is 2. The van der Waals surface area contributed by atoms with Crippen molar-refractivity contribution in [3.8, 4) is 28.6 Å². The van der Waals surface area contributed by atoms with Gasteiger partial charge in [-0.2, -0.15) is 4.98 Å². The molecule has 0 amide bonds. The molecule has 0 saturated carbocycles. The van der Waals surface area contributed by atoms with Gasteiger partial charge >= 0.3 is 0 Å². The van der Waals surface area contributed by atoms with Crippen molar-refractivity contribution in [3.05, 3.63) is 46.9 Å². The molecule has 0 unspecified atom stereocenters. The van der Waals surface area contributed by atoms with Crippen molar-refractivity contribution in [2.75, 3.05) is 12.8 Å². The molecular weight excluding hydrogens is 334 g/mol. The lowest BCUT2D eigenvalue weighted by Crippen LogP contribution is -1.87. The highest BCUT2D eigenvalue weighted by Gasteiger charge is 2.13. The van der Waals surface area contributed by atoms with Crippen molar-refractivity contribution >= 4 is 21.6 Å². The van der Waals surface area contributed by atoms with Gasteiger partial charge in [-0.3, -0.25) is 0 Å². The molecule has 0 fully saturated rings. The largest absolute Gasteiger partial charge is 0.497 e. The quantitative estimate of drug-likeness (QED) is 0.731. The number of hydrogen-bond acceptors (Lipinski definition) is 5. The number of nitrogens with two attached hydrogens (primary N) is 1. The zero-order valence-electron chi connectivity index (χ0n) is 11.2. The van der Waals surface area contributed by atoms with Crippen LogP contribution < -0.4 is 10.5 Å². The molecule has 0 spiro atoms. The van der Waals surface area contributed by atoms with Gasteiger partial charge in [-0.15, -0.1) is 0 Å². The molecule has 3 aromatic rings. The predicted octanol–water partition coefficient (Wildman–Crippen LogP) is 3.76. The van der Waals surface area contributed by atoms with Crippen LogP contribution in [0.4, 0.5) is 5.69 Å². The van der Waals surface area contributed by atoms with Crippen LogP contribution in [0.15, 0.2) is 51.5 Å². The Labute approximate surface area is 129 Å². The highest BCUT2D eigenvalue weighted by Crippen LogP contribution is 2.30. The number of methoxy groups -OCH3 is 1. The zero-order valence-corrected chi connectivity index (χ0v) is 12.8. The third kappa shape index (κ3) is 2.75. The number of nitrogens with zero attached hydrogens (tertiary/aromatic N) is 2. The van der Waals surface area contributed by atoms with E-state index in [9.17, 15) is 0 Å².